The first-order valence-corrected chi connectivity index (χ1v) is 9.01. The van der Waals surface area contributed by atoms with Crippen molar-refractivity contribution in [2.24, 2.45) is 16.6 Å². The topological polar surface area (TPSA) is 68.9 Å². The van der Waals surface area contributed by atoms with Gasteiger partial charge in [-0.2, -0.15) is 0 Å². The monoisotopic (exact) mass is 333 g/mol. The molecule has 0 aromatic heterocycles. The van der Waals surface area contributed by atoms with Crippen molar-refractivity contribution in [3.05, 3.63) is 24.3 Å². The summed E-state index contributed by atoms with van der Waals surface area (Å²) in [7, 11) is 1.65. The average molecular weight is 333 g/mol. The lowest BCUT2D eigenvalue weighted by atomic mass is 10.1. The molecule has 0 saturated heterocycles. The van der Waals surface area contributed by atoms with E-state index in [1.165, 1.54) is 38.5 Å². The van der Waals surface area contributed by atoms with Gasteiger partial charge in [0.2, 0.25) is 0 Å². The van der Waals surface area contributed by atoms with E-state index in [1.54, 1.807) is 7.11 Å². The summed E-state index contributed by atoms with van der Waals surface area (Å²) in [6.07, 6.45) is 7.65. The summed E-state index contributed by atoms with van der Waals surface area (Å²) in [6, 6.07) is 8.16. The van der Waals surface area contributed by atoms with E-state index in [9.17, 15) is 0 Å². The maximum absolute atomic E-state index is 6.03. The largest absolute Gasteiger partial charge is 0.493 e. The molecule has 1 aliphatic carbocycles. The van der Waals surface area contributed by atoms with Crippen molar-refractivity contribution in [1.29, 1.82) is 0 Å². The minimum atomic E-state index is 0.282. The molecule has 1 aromatic carbocycles. The lowest BCUT2D eigenvalue weighted by Crippen LogP contribution is -2.40. The molecule has 0 aliphatic heterocycles. The number of para-hydroxylation sites is 2. The summed E-state index contributed by atoms with van der Waals surface area (Å²) in [5.41, 5.74) is 6.03. The molecule has 5 heteroatoms. The minimum absolute atomic E-state index is 0.282. The van der Waals surface area contributed by atoms with Crippen molar-refractivity contribution in [1.82, 2.24) is 5.32 Å². The smallest absolute Gasteiger partial charge is 0.188 e. The normalized spacial score (nSPS) is 17.8. The van der Waals surface area contributed by atoms with Crippen molar-refractivity contribution in [2.45, 2.75) is 51.5 Å². The third kappa shape index (κ3) is 6.30. The van der Waals surface area contributed by atoms with Crippen molar-refractivity contribution in [3.63, 3.8) is 0 Å². The Bertz CT molecular complexity index is 511. The zero-order valence-corrected chi connectivity index (χ0v) is 15.0. The first-order valence-electron chi connectivity index (χ1n) is 9.01. The summed E-state index contributed by atoms with van der Waals surface area (Å²) in [5, 5.41) is 3.37. The Hall–Kier alpha value is -1.91. The van der Waals surface area contributed by atoms with E-state index < -0.39 is 0 Å². The van der Waals surface area contributed by atoms with Crippen LogP contribution >= 0.6 is 0 Å². The van der Waals surface area contributed by atoms with E-state index in [0.29, 0.717) is 25.2 Å². The van der Waals surface area contributed by atoms with E-state index in [0.717, 1.165) is 11.5 Å². The molecular formula is C19H31N3O2. The molecule has 0 radical (unpaired) electrons. The van der Waals surface area contributed by atoms with Crippen LogP contribution in [0.5, 0.6) is 11.5 Å². The number of methoxy groups -OCH3 is 1. The number of aliphatic imine (C=N–C) groups is 1. The Morgan fingerprint density at radius 3 is 2.54 bits per heavy atom. The van der Waals surface area contributed by atoms with Crippen LogP contribution in [0.2, 0.25) is 0 Å². The predicted octanol–water partition coefficient (Wildman–Crippen LogP) is 3.34. The molecule has 1 unspecified atom stereocenters. The fourth-order valence-corrected chi connectivity index (χ4v) is 2.96. The fourth-order valence-electron chi connectivity index (χ4n) is 2.96. The Kier molecular flexibility index (Phi) is 7.72. The SMILES string of the molecule is COc1ccccc1OCC(C)CN=C(N)NC1CCCCCC1. The molecule has 5 nitrogen and oxygen atoms in total. The lowest BCUT2D eigenvalue weighted by molar-refractivity contribution is 0.251. The number of guanidine groups is 1. The van der Waals surface area contributed by atoms with Gasteiger partial charge >= 0.3 is 0 Å². The Labute approximate surface area is 145 Å². The van der Waals surface area contributed by atoms with E-state index >= 15 is 0 Å². The highest BCUT2D eigenvalue weighted by Crippen LogP contribution is 2.26. The van der Waals surface area contributed by atoms with Crippen molar-refractivity contribution >= 4 is 5.96 Å². The number of hydrogen-bond acceptors (Lipinski definition) is 3. The third-order valence-corrected chi connectivity index (χ3v) is 4.37. The van der Waals surface area contributed by atoms with Crippen LogP contribution in [0.1, 0.15) is 45.4 Å². The van der Waals surface area contributed by atoms with Gasteiger partial charge in [-0.3, -0.25) is 4.99 Å². The first-order chi connectivity index (χ1) is 11.7. The number of rotatable bonds is 7. The van der Waals surface area contributed by atoms with E-state index in [2.05, 4.69) is 17.2 Å². The third-order valence-electron chi connectivity index (χ3n) is 4.37. The van der Waals surface area contributed by atoms with Crippen molar-refractivity contribution in [2.75, 3.05) is 20.3 Å². The van der Waals surface area contributed by atoms with Gasteiger partial charge in [0.05, 0.1) is 13.7 Å². The molecule has 1 aromatic rings. The maximum atomic E-state index is 6.03. The molecule has 0 bridgehead atoms. The maximum Gasteiger partial charge on any atom is 0.188 e. The van der Waals surface area contributed by atoms with Crippen LogP contribution in [-0.2, 0) is 0 Å². The molecular weight excluding hydrogens is 302 g/mol. The number of nitrogens with one attached hydrogen (secondary N) is 1. The summed E-state index contributed by atoms with van der Waals surface area (Å²) >= 11 is 0. The van der Waals surface area contributed by atoms with Gasteiger partial charge in [-0.15, -0.1) is 0 Å². The first kappa shape index (κ1) is 18.4. The Morgan fingerprint density at radius 2 is 1.88 bits per heavy atom. The van der Waals surface area contributed by atoms with E-state index in [1.807, 2.05) is 24.3 Å². The van der Waals surface area contributed by atoms with Crippen LogP contribution in [0, 0.1) is 5.92 Å². The number of benzene rings is 1. The molecule has 1 fully saturated rings. The van der Waals surface area contributed by atoms with Gasteiger partial charge in [-0.25, -0.2) is 0 Å². The molecule has 0 amide bonds. The van der Waals surface area contributed by atoms with Crippen LogP contribution in [0.25, 0.3) is 0 Å². The molecule has 0 heterocycles. The predicted molar refractivity (Wildman–Crippen MR) is 98.8 cm³/mol. The summed E-state index contributed by atoms with van der Waals surface area (Å²) in [5.74, 6) is 2.36. The highest BCUT2D eigenvalue weighted by molar-refractivity contribution is 5.78. The molecule has 134 valence electrons. The summed E-state index contributed by atoms with van der Waals surface area (Å²) in [6.45, 7) is 3.35. The second-order valence-corrected chi connectivity index (χ2v) is 6.63. The quantitative estimate of drug-likeness (QED) is 0.456. The number of nitrogens with two attached hydrogens (primary N) is 1. The summed E-state index contributed by atoms with van der Waals surface area (Å²) in [4.78, 5) is 4.48. The van der Waals surface area contributed by atoms with E-state index in [-0.39, 0.29) is 5.92 Å². The Balaban J connectivity index is 1.73. The molecule has 1 saturated carbocycles. The van der Waals surface area contributed by atoms with Crippen LogP contribution in [0.4, 0.5) is 0 Å². The van der Waals surface area contributed by atoms with Gasteiger partial charge in [0.15, 0.2) is 17.5 Å². The number of nitrogens with zero attached hydrogens (tertiary/aromatic N) is 1. The van der Waals surface area contributed by atoms with Gasteiger partial charge in [0.1, 0.15) is 0 Å². The molecule has 0 spiro atoms. The van der Waals surface area contributed by atoms with Crippen molar-refractivity contribution in [3.8, 4) is 11.5 Å². The molecule has 3 N–H and O–H groups in total. The lowest BCUT2D eigenvalue weighted by Gasteiger charge is -2.17. The molecule has 1 atom stereocenters. The number of hydrogen-bond donors (Lipinski definition) is 2. The minimum Gasteiger partial charge on any atom is -0.493 e. The van der Waals surface area contributed by atoms with Crippen LogP contribution in [-0.4, -0.2) is 32.3 Å². The van der Waals surface area contributed by atoms with Gasteiger partial charge in [-0.1, -0.05) is 44.7 Å². The summed E-state index contributed by atoms with van der Waals surface area (Å²) < 4.78 is 11.1. The van der Waals surface area contributed by atoms with Gasteiger partial charge in [-0.05, 0) is 25.0 Å². The standard InChI is InChI=1S/C19H31N3O2/c1-15(14-24-18-12-8-7-11-17(18)23-2)13-21-19(20)22-16-9-5-3-4-6-10-16/h7-8,11-12,15-16H,3-6,9-10,13-14H2,1-2H3,(H3,20,21,22). The number of ether oxygens (including phenoxy) is 2. The van der Waals surface area contributed by atoms with E-state index in [4.69, 9.17) is 15.2 Å². The molecule has 2 rings (SSSR count). The zero-order valence-electron chi connectivity index (χ0n) is 15.0. The van der Waals surface area contributed by atoms with Crippen LogP contribution < -0.4 is 20.5 Å². The second-order valence-electron chi connectivity index (χ2n) is 6.63. The molecule has 1 aliphatic rings. The van der Waals surface area contributed by atoms with Gasteiger partial charge < -0.3 is 20.5 Å². The van der Waals surface area contributed by atoms with Crippen LogP contribution in [0.15, 0.2) is 29.3 Å². The second kappa shape index (κ2) is 10.1. The highest BCUT2D eigenvalue weighted by Gasteiger charge is 2.12. The average Bonchev–Trinajstić information content (AvgIpc) is 2.87. The molecule has 24 heavy (non-hydrogen) atoms. The van der Waals surface area contributed by atoms with Crippen molar-refractivity contribution < 1.29 is 9.47 Å². The fraction of sp³-hybridized carbons (Fsp3) is 0.632. The van der Waals surface area contributed by atoms with Gasteiger partial charge in [0, 0.05) is 18.5 Å². The highest BCUT2D eigenvalue weighted by atomic mass is 16.5. The van der Waals surface area contributed by atoms with Crippen LogP contribution in [0.3, 0.4) is 0 Å². The zero-order chi connectivity index (χ0) is 17.2. The Morgan fingerprint density at radius 1 is 1.21 bits per heavy atom. The van der Waals surface area contributed by atoms with Gasteiger partial charge in [0.25, 0.3) is 0 Å².